The second-order valence-corrected chi connectivity index (χ2v) is 5.63. The fourth-order valence-electron chi connectivity index (χ4n) is 2.43. The lowest BCUT2D eigenvalue weighted by Gasteiger charge is -2.10. The van der Waals surface area contributed by atoms with Crippen LogP contribution in [0.25, 0.3) is 0 Å². The van der Waals surface area contributed by atoms with Gasteiger partial charge in [0.1, 0.15) is 0 Å². The average Bonchev–Trinajstić information content (AvgIpc) is 2.98. The summed E-state index contributed by atoms with van der Waals surface area (Å²) in [5, 5.41) is 8.95. The number of halogens is 1. The highest BCUT2D eigenvalue weighted by molar-refractivity contribution is 6.34. The van der Waals surface area contributed by atoms with E-state index in [9.17, 15) is 9.59 Å². The zero-order valence-electron chi connectivity index (χ0n) is 12.0. The van der Waals surface area contributed by atoms with E-state index in [0.29, 0.717) is 28.6 Å². The minimum absolute atomic E-state index is 0.0225. The number of hydrogen-bond acceptors (Lipinski definition) is 3. The van der Waals surface area contributed by atoms with Gasteiger partial charge >= 0.3 is 0 Å². The Morgan fingerprint density at radius 2 is 2.24 bits per heavy atom. The maximum Gasteiger partial charge on any atom is 0.252 e. The normalized spacial score (nSPS) is 17.5. The number of carbonyl (C=O) groups excluding carboxylic acids is 2. The molecule has 0 aliphatic carbocycles. The largest absolute Gasteiger partial charge is 0.355 e. The van der Waals surface area contributed by atoms with Gasteiger partial charge in [-0.05, 0) is 50.0 Å². The molecule has 1 aromatic carbocycles. The van der Waals surface area contributed by atoms with Crippen molar-refractivity contribution in [3.8, 4) is 0 Å². The molecule has 0 aromatic heterocycles. The fourth-order valence-corrected chi connectivity index (χ4v) is 2.70. The Labute approximate surface area is 129 Å². The molecule has 2 amide bonds. The number of anilines is 1. The van der Waals surface area contributed by atoms with Crippen molar-refractivity contribution >= 4 is 29.1 Å². The van der Waals surface area contributed by atoms with Crippen LogP contribution in [0.1, 0.15) is 29.6 Å². The molecule has 0 saturated carbocycles. The lowest BCUT2D eigenvalue weighted by molar-refractivity contribution is -0.116. The van der Waals surface area contributed by atoms with E-state index in [4.69, 9.17) is 11.6 Å². The third-order valence-corrected chi connectivity index (χ3v) is 3.98. The van der Waals surface area contributed by atoms with E-state index in [-0.39, 0.29) is 11.8 Å². The van der Waals surface area contributed by atoms with Gasteiger partial charge in [-0.3, -0.25) is 9.59 Å². The summed E-state index contributed by atoms with van der Waals surface area (Å²) in [6.07, 6.45) is 2.53. The van der Waals surface area contributed by atoms with E-state index < -0.39 is 0 Å². The number of benzene rings is 1. The van der Waals surface area contributed by atoms with Gasteiger partial charge in [0.2, 0.25) is 5.91 Å². The van der Waals surface area contributed by atoms with Crippen LogP contribution < -0.4 is 16.0 Å². The lowest BCUT2D eigenvalue weighted by atomic mass is 10.0. The first-order valence-corrected chi connectivity index (χ1v) is 7.50. The third-order valence-electron chi connectivity index (χ3n) is 3.67. The zero-order valence-corrected chi connectivity index (χ0v) is 12.8. The topological polar surface area (TPSA) is 70.2 Å². The molecule has 1 aliphatic heterocycles. The number of hydrogen-bond donors (Lipinski definition) is 3. The molecular weight excluding hydrogens is 290 g/mol. The summed E-state index contributed by atoms with van der Waals surface area (Å²) < 4.78 is 0. The summed E-state index contributed by atoms with van der Waals surface area (Å²) in [5.74, 6) is 0.326. The molecule has 2 rings (SSSR count). The maximum absolute atomic E-state index is 11.9. The van der Waals surface area contributed by atoms with Gasteiger partial charge in [0.25, 0.3) is 5.91 Å². The van der Waals surface area contributed by atoms with Crippen molar-refractivity contribution in [1.29, 1.82) is 0 Å². The van der Waals surface area contributed by atoms with Gasteiger partial charge in [-0.2, -0.15) is 0 Å². The minimum atomic E-state index is -0.244. The molecule has 1 unspecified atom stereocenters. The Kier molecular flexibility index (Phi) is 5.59. The Bertz CT molecular complexity index is 528. The summed E-state index contributed by atoms with van der Waals surface area (Å²) in [5.41, 5.74) is 1.01. The van der Waals surface area contributed by atoms with Crippen molar-refractivity contribution in [1.82, 2.24) is 10.6 Å². The maximum atomic E-state index is 11.9. The number of nitrogens with one attached hydrogen (secondary N) is 3. The van der Waals surface area contributed by atoms with E-state index >= 15 is 0 Å². The molecule has 1 aliphatic rings. The molecule has 5 nitrogen and oxygen atoms in total. The Morgan fingerprint density at radius 1 is 1.43 bits per heavy atom. The predicted molar refractivity (Wildman–Crippen MR) is 83.7 cm³/mol. The van der Waals surface area contributed by atoms with Gasteiger partial charge in [0.15, 0.2) is 0 Å². The van der Waals surface area contributed by atoms with Crippen LogP contribution in [0, 0.1) is 5.92 Å². The summed E-state index contributed by atoms with van der Waals surface area (Å²) >= 11 is 6.05. The van der Waals surface area contributed by atoms with Crippen LogP contribution in [0.5, 0.6) is 0 Å². The lowest BCUT2D eigenvalue weighted by Crippen LogP contribution is -2.18. The van der Waals surface area contributed by atoms with Crippen LogP contribution in [0.2, 0.25) is 5.02 Å². The van der Waals surface area contributed by atoms with Gasteiger partial charge < -0.3 is 16.0 Å². The zero-order chi connectivity index (χ0) is 15.2. The van der Waals surface area contributed by atoms with E-state index in [1.807, 2.05) is 0 Å². The van der Waals surface area contributed by atoms with Crippen molar-refractivity contribution in [2.75, 3.05) is 25.5 Å². The van der Waals surface area contributed by atoms with Crippen molar-refractivity contribution in [2.45, 2.75) is 19.3 Å². The summed E-state index contributed by atoms with van der Waals surface area (Å²) in [6, 6.07) is 4.89. The number of amides is 2. The molecule has 114 valence electrons. The first-order valence-electron chi connectivity index (χ1n) is 7.12. The van der Waals surface area contributed by atoms with Crippen molar-refractivity contribution in [3.05, 3.63) is 28.8 Å². The first kappa shape index (κ1) is 15.8. The molecule has 1 fully saturated rings. The second kappa shape index (κ2) is 7.43. The molecule has 1 aromatic rings. The highest BCUT2D eigenvalue weighted by Gasteiger charge is 2.16. The van der Waals surface area contributed by atoms with Gasteiger partial charge in [0.05, 0.1) is 10.6 Å². The van der Waals surface area contributed by atoms with E-state index in [0.717, 1.165) is 25.9 Å². The fraction of sp³-hybridized carbons (Fsp3) is 0.467. The first-order chi connectivity index (χ1) is 10.1. The SMILES string of the molecule is CNC(=O)c1ccc(NC(=O)CCC2CCNC2)cc1Cl. The second-order valence-electron chi connectivity index (χ2n) is 5.22. The van der Waals surface area contributed by atoms with Crippen LogP contribution in [0.15, 0.2) is 18.2 Å². The summed E-state index contributed by atoms with van der Waals surface area (Å²) in [7, 11) is 1.55. The van der Waals surface area contributed by atoms with Crippen LogP contribution in [-0.2, 0) is 4.79 Å². The Hall–Kier alpha value is -1.59. The number of carbonyl (C=O) groups is 2. The van der Waals surface area contributed by atoms with E-state index in [1.54, 1.807) is 25.2 Å². The van der Waals surface area contributed by atoms with Crippen molar-refractivity contribution < 1.29 is 9.59 Å². The van der Waals surface area contributed by atoms with E-state index in [2.05, 4.69) is 16.0 Å². The predicted octanol–water partition coefficient (Wildman–Crippen LogP) is 2.03. The Balaban J connectivity index is 1.88. The highest BCUT2D eigenvalue weighted by Crippen LogP contribution is 2.21. The third kappa shape index (κ3) is 4.44. The monoisotopic (exact) mass is 309 g/mol. The van der Waals surface area contributed by atoms with Crippen LogP contribution >= 0.6 is 11.6 Å². The quantitative estimate of drug-likeness (QED) is 0.779. The molecule has 1 saturated heterocycles. The van der Waals surface area contributed by atoms with Crippen molar-refractivity contribution in [3.63, 3.8) is 0 Å². The van der Waals surface area contributed by atoms with Gasteiger partial charge in [-0.15, -0.1) is 0 Å². The molecular formula is C15H20ClN3O2. The smallest absolute Gasteiger partial charge is 0.252 e. The Morgan fingerprint density at radius 3 is 2.86 bits per heavy atom. The average molecular weight is 310 g/mol. The van der Waals surface area contributed by atoms with Crippen LogP contribution in [-0.4, -0.2) is 32.0 Å². The standard InChI is InChI=1S/C15H20ClN3O2/c1-17-15(21)12-4-3-11(8-13(12)16)19-14(20)5-2-10-6-7-18-9-10/h3-4,8,10,18H,2,5-7,9H2,1H3,(H,17,21)(H,19,20). The highest BCUT2D eigenvalue weighted by atomic mass is 35.5. The van der Waals surface area contributed by atoms with E-state index in [1.165, 1.54) is 0 Å². The molecule has 0 spiro atoms. The summed E-state index contributed by atoms with van der Waals surface area (Å²) in [6.45, 7) is 2.04. The molecule has 0 bridgehead atoms. The number of rotatable bonds is 5. The molecule has 3 N–H and O–H groups in total. The van der Waals surface area contributed by atoms with Crippen molar-refractivity contribution in [2.24, 2.45) is 5.92 Å². The van der Waals surface area contributed by atoms with Gasteiger partial charge in [-0.25, -0.2) is 0 Å². The molecule has 0 radical (unpaired) electrons. The van der Waals surface area contributed by atoms with Crippen LogP contribution in [0.4, 0.5) is 5.69 Å². The van der Waals surface area contributed by atoms with Crippen LogP contribution in [0.3, 0.4) is 0 Å². The molecule has 6 heteroatoms. The minimum Gasteiger partial charge on any atom is -0.355 e. The van der Waals surface area contributed by atoms with Gasteiger partial charge in [0, 0.05) is 19.2 Å². The molecule has 1 heterocycles. The summed E-state index contributed by atoms with van der Waals surface area (Å²) in [4.78, 5) is 23.4. The molecule has 1 atom stereocenters. The van der Waals surface area contributed by atoms with Gasteiger partial charge in [-0.1, -0.05) is 11.6 Å². The molecule has 21 heavy (non-hydrogen) atoms.